The molecule has 0 bridgehead atoms. The van der Waals surface area contributed by atoms with Crippen LogP contribution in [0.5, 0.6) is 0 Å². The number of rotatable bonds is 5. The first-order chi connectivity index (χ1) is 8.42. The number of hydrogen-bond acceptors (Lipinski definition) is 3. The molecule has 1 atom stereocenters. The van der Waals surface area contributed by atoms with Crippen molar-refractivity contribution in [3.8, 4) is 0 Å². The molecule has 0 saturated carbocycles. The van der Waals surface area contributed by atoms with Gasteiger partial charge in [-0.25, -0.2) is 0 Å². The van der Waals surface area contributed by atoms with E-state index < -0.39 is 0 Å². The average Bonchev–Trinajstić information content (AvgIpc) is 2.38. The fourth-order valence-corrected chi connectivity index (χ4v) is 1.55. The van der Waals surface area contributed by atoms with E-state index in [9.17, 15) is 4.79 Å². The standard InChI is InChI=1S/C14H23N3O/c1-10(2)14(3,9-16)17-13(18)12-6-4-11(8-15)5-7-12/h4-7,10H,8-9,15-16H2,1-3H3,(H,17,18). The van der Waals surface area contributed by atoms with Crippen molar-refractivity contribution in [3.63, 3.8) is 0 Å². The summed E-state index contributed by atoms with van der Waals surface area (Å²) >= 11 is 0. The van der Waals surface area contributed by atoms with Crippen molar-refractivity contribution in [3.05, 3.63) is 35.4 Å². The molecule has 0 spiro atoms. The molecule has 0 aliphatic rings. The van der Waals surface area contributed by atoms with E-state index in [0.717, 1.165) is 5.56 Å². The second-order valence-electron chi connectivity index (χ2n) is 5.13. The van der Waals surface area contributed by atoms with Crippen molar-refractivity contribution < 1.29 is 4.79 Å². The Kier molecular flexibility index (Phi) is 4.87. The van der Waals surface area contributed by atoms with E-state index in [1.807, 2.05) is 32.9 Å². The lowest BCUT2D eigenvalue weighted by Crippen LogP contribution is -2.55. The SMILES string of the molecule is CC(C)C(C)(CN)NC(=O)c1ccc(CN)cc1. The van der Waals surface area contributed by atoms with Gasteiger partial charge in [0.1, 0.15) is 0 Å². The molecule has 0 saturated heterocycles. The fraction of sp³-hybridized carbons (Fsp3) is 0.500. The summed E-state index contributed by atoms with van der Waals surface area (Å²) in [5.41, 5.74) is 12.5. The van der Waals surface area contributed by atoms with Crippen LogP contribution in [0, 0.1) is 5.92 Å². The minimum absolute atomic E-state index is 0.0970. The zero-order chi connectivity index (χ0) is 13.8. The van der Waals surface area contributed by atoms with Gasteiger partial charge in [0.2, 0.25) is 0 Å². The number of carbonyl (C=O) groups is 1. The number of hydrogen-bond donors (Lipinski definition) is 3. The van der Waals surface area contributed by atoms with Gasteiger partial charge in [-0.2, -0.15) is 0 Å². The molecule has 1 aromatic rings. The van der Waals surface area contributed by atoms with E-state index in [0.29, 0.717) is 18.7 Å². The molecule has 1 rings (SSSR count). The third kappa shape index (κ3) is 3.31. The maximum atomic E-state index is 12.1. The highest BCUT2D eigenvalue weighted by Crippen LogP contribution is 2.16. The molecule has 0 aliphatic carbocycles. The summed E-state index contributed by atoms with van der Waals surface area (Å²) in [6.07, 6.45) is 0. The minimum atomic E-state index is -0.385. The molecule has 18 heavy (non-hydrogen) atoms. The molecule has 5 N–H and O–H groups in total. The van der Waals surface area contributed by atoms with Crippen LogP contribution in [-0.4, -0.2) is 18.0 Å². The van der Waals surface area contributed by atoms with E-state index in [4.69, 9.17) is 11.5 Å². The molecule has 4 nitrogen and oxygen atoms in total. The Labute approximate surface area is 109 Å². The molecule has 0 aliphatic heterocycles. The third-order valence-corrected chi connectivity index (χ3v) is 3.55. The van der Waals surface area contributed by atoms with Crippen molar-refractivity contribution in [2.24, 2.45) is 17.4 Å². The number of nitrogens with two attached hydrogens (primary N) is 2. The molecule has 0 radical (unpaired) electrons. The smallest absolute Gasteiger partial charge is 0.251 e. The van der Waals surface area contributed by atoms with Crippen LogP contribution in [0.4, 0.5) is 0 Å². The van der Waals surface area contributed by atoms with Gasteiger partial charge in [-0.05, 0) is 30.5 Å². The number of carbonyl (C=O) groups excluding carboxylic acids is 1. The van der Waals surface area contributed by atoms with E-state index in [2.05, 4.69) is 5.32 Å². The summed E-state index contributed by atoms with van der Waals surface area (Å²) in [4.78, 5) is 12.1. The zero-order valence-corrected chi connectivity index (χ0v) is 11.4. The topological polar surface area (TPSA) is 81.1 Å². The van der Waals surface area contributed by atoms with E-state index in [1.54, 1.807) is 12.1 Å². The van der Waals surface area contributed by atoms with Crippen LogP contribution in [0.1, 0.15) is 36.7 Å². The van der Waals surface area contributed by atoms with Gasteiger partial charge < -0.3 is 16.8 Å². The summed E-state index contributed by atoms with van der Waals surface area (Å²) in [6.45, 7) is 6.95. The lowest BCUT2D eigenvalue weighted by molar-refractivity contribution is 0.0883. The van der Waals surface area contributed by atoms with Crippen LogP contribution in [0.3, 0.4) is 0 Å². The second kappa shape index (κ2) is 5.98. The van der Waals surface area contributed by atoms with Crippen LogP contribution >= 0.6 is 0 Å². The molecule has 0 fully saturated rings. The summed E-state index contributed by atoms with van der Waals surface area (Å²) in [6, 6.07) is 7.30. The summed E-state index contributed by atoms with van der Waals surface area (Å²) in [5, 5.41) is 3.00. The molecule has 0 heterocycles. The molecule has 0 aromatic heterocycles. The van der Waals surface area contributed by atoms with Crippen LogP contribution < -0.4 is 16.8 Å². The Balaban J connectivity index is 2.81. The van der Waals surface area contributed by atoms with Crippen LogP contribution in [-0.2, 0) is 6.54 Å². The molecule has 1 aromatic carbocycles. The number of nitrogens with one attached hydrogen (secondary N) is 1. The lowest BCUT2D eigenvalue weighted by atomic mass is 9.88. The minimum Gasteiger partial charge on any atom is -0.345 e. The molecular weight excluding hydrogens is 226 g/mol. The summed E-state index contributed by atoms with van der Waals surface area (Å²) in [7, 11) is 0. The van der Waals surface area contributed by atoms with Crippen LogP contribution in [0.25, 0.3) is 0 Å². The molecule has 1 unspecified atom stereocenters. The van der Waals surface area contributed by atoms with Gasteiger partial charge in [0.25, 0.3) is 5.91 Å². The summed E-state index contributed by atoms with van der Waals surface area (Å²) in [5.74, 6) is 0.176. The predicted octanol–water partition coefficient (Wildman–Crippen LogP) is 1.25. The maximum absolute atomic E-state index is 12.1. The summed E-state index contributed by atoms with van der Waals surface area (Å²) < 4.78 is 0. The van der Waals surface area contributed by atoms with E-state index >= 15 is 0 Å². The highest BCUT2D eigenvalue weighted by Gasteiger charge is 2.28. The Hall–Kier alpha value is -1.39. The van der Waals surface area contributed by atoms with Crippen molar-refractivity contribution >= 4 is 5.91 Å². The van der Waals surface area contributed by atoms with Crippen LogP contribution in [0.2, 0.25) is 0 Å². The van der Waals surface area contributed by atoms with E-state index in [-0.39, 0.29) is 17.4 Å². The second-order valence-corrected chi connectivity index (χ2v) is 5.13. The van der Waals surface area contributed by atoms with Crippen molar-refractivity contribution in [2.75, 3.05) is 6.54 Å². The highest BCUT2D eigenvalue weighted by molar-refractivity contribution is 5.94. The largest absolute Gasteiger partial charge is 0.345 e. The lowest BCUT2D eigenvalue weighted by Gasteiger charge is -2.33. The maximum Gasteiger partial charge on any atom is 0.251 e. The normalized spacial score (nSPS) is 14.3. The Morgan fingerprint density at radius 3 is 2.22 bits per heavy atom. The van der Waals surface area contributed by atoms with E-state index in [1.165, 1.54) is 0 Å². The Morgan fingerprint density at radius 2 is 1.83 bits per heavy atom. The van der Waals surface area contributed by atoms with Crippen molar-refractivity contribution in [1.29, 1.82) is 0 Å². The quantitative estimate of drug-likeness (QED) is 0.734. The molecular formula is C14H23N3O. The number of amides is 1. The monoisotopic (exact) mass is 249 g/mol. The first-order valence-corrected chi connectivity index (χ1v) is 6.24. The Morgan fingerprint density at radius 1 is 1.28 bits per heavy atom. The molecule has 4 heteroatoms. The first kappa shape index (κ1) is 14.7. The van der Waals surface area contributed by atoms with Gasteiger partial charge in [-0.1, -0.05) is 26.0 Å². The zero-order valence-electron chi connectivity index (χ0n) is 11.4. The third-order valence-electron chi connectivity index (χ3n) is 3.55. The Bertz CT molecular complexity index is 400. The van der Waals surface area contributed by atoms with Gasteiger partial charge >= 0.3 is 0 Å². The molecule has 100 valence electrons. The highest BCUT2D eigenvalue weighted by atomic mass is 16.1. The van der Waals surface area contributed by atoms with Gasteiger partial charge in [0, 0.05) is 18.7 Å². The first-order valence-electron chi connectivity index (χ1n) is 6.24. The fourth-order valence-electron chi connectivity index (χ4n) is 1.55. The van der Waals surface area contributed by atoms with Crippen molar-refractivity contribution in [2.45, 2.75) is 32.9 Å². The van der Waals surface area contributed by atoms with Crippen LogP contribution in [0.15, 0.2) is 24.3 Å². The average molecular weight is 249 g/mol. The van der Waals surface area contributed by atoms with Gasteiger partial charge in [-0.3, -0.25) is 4.79 Å². The molecule has 1 amide bonds. The predicted molar refractivity (Wildman–Crippen MR) is 74.1 cm³/mol. The van der Waals surface area contributed by atoms with Crippen molar-refractivity contribution in [1.82, 2.24) is 5.32 Å². The number of benzene rings is 1. The van der Waals surface area contributed by atoms with Gasteiger partial charge in [0.15, 0.2) is 0 Å². The van der Waals surface area contributed by atoms with Gasteiger partial charge in [-0.15, -0.1) is 0 Å². The van der Waals surface area contributed by atoms with Gasteiger partial charge in [0.05, 0.1) is 5.54 Å².